The molecule has 0 amide bonds. The van der Waals surface area contributed by atoms with Gasteiger partial charge in [0.15, 0.2) is 6.10 Å². The second kappa shape index (κ2) is 50.5. The predicted octanol–water partition coefficient (Wildman–Crippen LogP) is 17.5. The van der Waals surface area contributed by atoms with E-state index < -0.39 is 6.10 Å². The van der Waals surface area contributed by atoms with Crippen LogP contribution in [-0.2, 0) is 28.6 Å². The summed E-state index contributed by atoms with van der Waals surface area (Å²) in [6.45, 7) is 6.62. The van der Waals surface area contributed by atoms with Gasteiger partial charge in [0.05, 0.1) is 0 Å². The Balaban J connectivity index is 4.30. The molecule has 358 valence electrons. The monoisotopic (exact) mass is 859 g/mol. The Morgan fingerprint density at radius 1 is 0.328 bits per heavy atom. The molecule has 0 saturated heterocycles. The van der Waals surface area contributed by atoms with Gasteiger partial charge in [-0.05, 0) is 51.4 Å². The lowest BCUT2D eigenvalue weighted by molar-refractivity contribution is -0.167. The Bertz CT molecular complexity index is 989. The zero-order chi connectivity index (χ0) is 44.4. The van der Waals surface area contributed by atoms with Crippen LogP contribution in [0.3, 0.4) is 0 Å². The molecule has 61 heavy (non-hydrogen) atoms. The van der Waals surface area contributed by atoms with Crippen LogP contribution in [0.25, 0.3) is 0 Å². The van der Waals surface area contributed by atoms with Gasteiger partial charge < -0.3 is 14.2 Å². The van der Waals surface area contributed by atoms with E-state index >= 15 is 0 Å². The zero-order valence-corrected chi connectivity index (χ0v) is 40.9. The maximum Gasteiger partial charge on any atom is 0.306 e. The number of unbranched alkanes of at least 4 members (excludes halogenated alkanes) is 34. The fourth-order valence-electron chi connectivity index (χ4n) is 7.89. The van der Waals surface area contributed by atoms with E-state index in [1.165, 1.54) is 173 Å². The van der Waals surface area contributed by atoms with Gasteiger partial charge in [-0.25, -0.2) is 0 Å². The van der Waals surface area contributed by atoms with Crippen molar-refractivity contribution in [1.82, 2.24) is 0 Å². The van der Waals surface area contributed by atoms with Gasteiger partial charge in [0, 0.05) is 19.3 Å². The molecule has 0 aromatic carbocycles. The molecule has 1 unspecified atom stereocenters. The van der Waals surface area contributed by atoms with Gasteiger partial charge in [-0.15, -0.1) is 0 Å². The molecule has 0 heterocycles. The van der Waals surface area contributed by atoms with Gasteiger partial charge in [0.2, 0.25) is 0 Å². The van der Waals surface area contributed by atoms with Crippen molar-refractivity contribution in [3.8, 4) is 0 Å². The summed E-state index contributed by atoms with van der Waals surface area (Å²) in [5, 5.41) is 0. The van der Waals surface area contributed by atoms with Gasteiger partial charge >= 0.3 is 17.9 Å². The van der Waals surface area contributed by atoms with Crippen LogP contribution in [0.2, 0.25) is 0 Å². The molecule has 0 rings (SSSR count). The first-order valence-electron chi connectivity index (χ1n) is 26.8. The Morgan fingerprint density at radius 2 is 0.590 bits per heavy atom. The van der Waals surface area contributed by atoms with Gasteiger partial charge in [-0.3, -0.25) is 14.4 Å². The Hall–Kier alpha value is -2.11. The SMILES string of the molecule is CCCCC/C=C\C/C=C\CCCCCCCC(=O)OC(COC(=O)CCCCCCCCCCCC)COC(=O)CCCCCCCCCCCCCCCCCCCC. The molecule has 0 aromatic heterocycles. The Kier molecular flexibility index (Phi) is 48.8. The van der Waals surface area contributed by atoms with Crippen LogP contribution in [0.5, 0.6) is 0 Å². The fraction of sp³-hybridized carbons (Fsp3) is 0.873. The minimum absolute atomic E-state index is 0.0721. The lowest BCUT2D eigenvalue weighted by Crippen LogP contribution is -2.30. The summed E-state index contributed by atoms with van der Waals surface area (Å²) in [5.74, 6) is -0.872. The molecule has 0 aliphatic heterocycles. The lowest BCUT2D eigenvalue weighted by atomic mass is 10.0. The maximum absolute atomic E-state index is 12.8. The van der Waals surface area contributed by atoms with E-state index in [4.69, 9.17) is 14.2 Å². The van der Waals surface area contributed by atoms with E-state index in [-0.39, 0.29) is 31.1 Å². The number of rotatable bonds is 49. The van der Waals surface area contributed by atoms with Crippen molar-refractivity contribution in [2.45, 2.75) is 297 Å². The van der Waals surface area contributed by atoms with Crippen molar-refractivity contribution in [2.24, 2.45) is 0 Å². The molecule has 0 aliphatic rings. The molecular weight excluding hydrogens is 757 g/mol. The summed E-state index contributed by atoms with van der Waals surface area (Å²) in [5.41, 5.74) is 0. The smallest absolute Gasteiger partial charge is 0.306 e. The third-order valence-corrected chi connectivity index (χ3v) is 12.0. The largest absolute Gasteiger partial charge is 0.462 e. The molecule has 0 aliphatic carbocycles. The second-order valence-electron chi connectivity index (χ2n) is 18.2. The first-order valence-corrected chi connectivity index (χ1v) is 26.8. The molecular formula is C55H102O6. The molecule has 0 saturated carbocycles. The van der Waals surface area contributed by atoms with Crippen LogP contribution in [-0.4, -0.2) is 37.2 Å². The van der Waals surface area contributed by atoms with Crippen molar-refractivity contribution >= 4 is 17.9 Å². The molecule has 0 aromatic rings. The molecule has 0 spiro atoms. The van der Waals surface area contributed by atoms with Crippen LogP contribution in [0.4, 0.5) is 0 Å². The normalized spacial score (nSPS) is 12.1. The number of carbonyl (C=O) groups is 3. The van der Waals surface area contributed by atoms with Crippen molar-refractivity contribution in [3.63, 3.8) is 0 Å². The lowest BCUT2D eigenvalue weighted by Gasteiger charge is -2.18. The highest BCUT2D eigenvalue weighted by Crippen LogP contribution is 2.16. The molecule has 0 radical (unpaired) electrons. The number of carbonyl (C=O) groups excluding carboxylic acids is 3. The minimum Gasteiger partial charge on any atom is -0.462 e. The summed E-state index contributed by atoms with van der Waals surface area (Å²) < 4.78 is 16.8. The van der Waals surface area contributed by atoms with Crippen LogP contribution in [0.15, 0.2) is 24.3 Å². The number of allylic oxidation sites excluding steroid dienone is 4. The molecule has 6 heteroatoms. The minimum atomic E-state index is -0.772. The summed E-state index contributed by atoms with van der Waals surface area (Å²) in [4.78, 5) is 37.9. The Morgan fingerprint density at radius 3 is 0.934 bits per heavy atom. The number of ether oxygens (including phenoxy) is 3. The van der Waals surface area contributed by atoms with E-state index in [0.29, 0.717) is 19.3 Å². The highest BCUT2D eigenvalue weighted by molar-refractivity contribution is 5.71. The molecule has 0 bridgehead atoms. The fourth-order valence-corrected chi connectivity index (χ4v) is 7.89. The second-order valence-corrected chi connectivity index (χ2v) is 18.2. The van der Waals surface area contributed by atoms with Gasteiger partial charge in [-0.2, -0.15) is 0 Å². The standard InChI is InChI=1S/C55H102O6/c1-4-7-10-13-16-19-22-24-26-27-28-30-31-33-36-39-42-45-48-54(57)60-51-52(50-59-53(56)47-44-41-38-35-21-18-15-12-9-6-3)61-55(58)49-46-43-40-37-34-32-29-25-23-20-17-14-11-8-5-2/h17,20,25,29,52H,4-16,18-19,21-24,26-28,30-51H2,1-3H3/b20-17-,29-25-. The number of esters is 3. The predicted molar refractivity (Wildman–Crippen MR) is 261 cm³/mol. The highest BCUT2D eigenvalue weighted by atomic mass is 16.6. The number of hydrogen-bond donors (Lipinski definition) is 0. The average Bonchev–Trinajstić information content (AvgIpc) is 3.26. The van der Waals surface area contributed by atoms with Crippen LogP contribution >= 0.6 is 0 Å². The summed E-state index contributed by atoms with van der Waals surface area (Å²) in [6.07, 6.45) is 57.3. The average molecular weight is 859 g/mol. The summed E-state index contributed by atoms with van der Waals surface area (Å²) >= 11 is 0. The van der Waals surface area contributed by atoms with Gasteiger partial charge in [0.25, 0.3) is 0 Å². The third kappa shape index (κ3) is 48.8. The van der Waals surface area contributed by atoms with Crippen LogP contribution < -0.4 is 0 Å². The van der Waals surface area contributed by atoms with Crippen LogP contribution in [0, 0.1) is 0 Å². The third-order valence-electron chi connectivity index (χ3n) is 12.0. The van der Waals surface area contributed by atoms with E-state index in [1.54, 1.807) is 0 Å². The maximum atomic E-state index is 12.8. The zero-order valence-electron chi connectivity index (χ0n) is 40.9. The van der Waals surface area contributed by atoms with E-state index in [9.17, 15) is 14.4 Å². The van der Waals surface area contributed by atoms with Crippen molar-refractivity contribution in [3.05, 3.63) is 24.3 Å². The van der Waals surface area contributed by atoms with Gasteiger partial charge in [-0.1, -0.05) is 244 Å². The van der Waals surface area contributed by atoms with E-state index in [1.807, 2.05) is 0 Å². The summed E-state index contributed by atoms with van der Waals surface area (Å²) in [6, 6.07) is 0. The van der Waals surface area contributed by atoms with E-state index in [2.05, 4.69) is 45.1 Å². The first-order chi connectivity index (χ1) is 30.0. The van der Waals surface area contributed by atoms with Crippen LogP contribution in [0.1, 0.15) is 290 Å². The number of hydrogen-bond acceptors (Lipinski definition) is 6. The Labute approximate surface area is 379 Å². The quantitative estimate of drug-likeness (QED) is 0.0262. The highest BCUT2D eigenvalue weighted by Gasteiger charge is 2.19. The topological polar surface area (TPSA) is 78.9 Å². The molecule has 6 nitrogen and oxygen atoms in total. The van der Waals surface area contributed by atoms with Crippen molar-refractivity contribution in [2.75, 3.05) is 13.2 Å². The van der Waals surface area contributed by atoms with Crippen molar-refractivity contribution < 1.29 is 28.6 Å². The van der Waals surface area contributed by atoms with Gasteiger partial charge in [0.1, 0.15) is 13.2 Å². The summed E-state index contributed by atoms with van der Waals surface area (Å²) in [7, 11) is 0. The van der Waals surface area contributed by atoms with E-state index in [0.717, 1.165) is 77.0 Å². The molecule has 1 atom stereocenters. The first kappa shape index (κ1) is 58.9. The molecule has 0 fully saturated rings. The molecule has 0 N–H and O–H groups in total. The van der Waals surface area contributed by atoms with Crippen molar-refractivity contribution in [1.29, 1.82) is 0 Å².